The molecule has 16 heavy (non-hydrogen) atoms. The van der Waals surface area contributed by atoms with Gasteiger partial charge in [-0.1, -0.05) is 0 Å². The normalized spacial score (nSPS) is 28.8. The quantitative estimate of drug-likeness (QED) is 0.691. The number of ether oxygens (including phenoxy) is 2. The van der Waals surface area contributed by atoms with Gasteiger partial charge < -0.3 is 14.6 Å². The summed E-state index contributed by atoms with van der Waals surface area (Å²) in [5.41, 5.74) is 0. The predicted octanol–water partition coefficient (Wildman–Crippen LogP) is 0.0196. The second-order valence-corrected chi connectivity index (χ2v) is 4.31. The third-order valence-corrected chi connectivity index (χ3v) is 3.01. The van der Waals surface area contributed by atoms with Crippen LogP contribution >= 0.6 is 0 Å². The fourth-order valence-electron chi connectivity index (χ4n) is 2.01. The summed E-state index contributed by atoms with van der Waals surface area (Å²) in [6.45, 7) is 5.33. The Kier molecular flexibility index (Phi) is 5.18. The Morgan fingerprint density at radius 2 is 2.38 bits per heavy atom. The summed E-state index contributed by atoms with van der Waals surface area (Å²) in [6, 6.07) is 0.378. The number of morpholine rings is 1. The first-order valence-electron chi connectivity index (χ1n) is 5.63. The highest BCUT2D eigenvalue weighted by atomic mass is 16.5. The van der Waals surface area contributed by atoms with Crippen molar-refractivity contribution in [3.8, 4) is 0 Å². The maximum Gasteiger partial charge on any atom is 0.307 e. The molecule has 0 aromatic rings. The summed E-state index contributed by atoms with van der Waals surface area (Å²) in [5.74, 6) is -0.202. The molecule has 3 unspecified atom stereocenters. The molecule has 1 N–H and O–H groups in total. The summed E-state index contributed by atoms with van der Waals surface area (Å²) >= 11 is 0. The maximum absolute atomic E-state index is 11.2. The number of carbonyl (C=O) groups excluding carboxylic acids is 1. The highest BCUT2D eigenvalue weighted by Crippen LogP contribution is 2.16. The molecule has 3 atom stereocenters. The summed E-state index contributed by atoms with van der Waals surface area (Å²) in [7, 11) is 1.40. The SMILES string of the molecule is COC(=O)CC(C)N1CC(CO)OCC1C. The highest BCUT2D eigenvalue weighted by molar-refractivity contribution is 5.69. The number of aliphatic hydroxyl groups excluding tert-OH is 1. The van der Waals surface area contributed by atoms with Crippen molar-refractivity contribution in [1.29, 1.82) is 0 Å². The van der Waals surface area contributed by atoms with Gasteiger partial charge in [0.2, 0.25) is 0 Å². The van der Waals surface area contributed by atoms with Crippen LogP contribution in [0.25, 0.3) is 0 Å². The van der Waals surface area contributed by atoms with E-state index >= 15 is 0 Å². The number of hydrogen-bond acceptors (Lipinski definition) is 5. The Bertz CT molecular complexity index is 234. The van der Waals surface area contributed by atoms with Gasteiger partial charge in [-0.05, 0) is 13.8 Å². The molecule has 0 aromatic heterocycles. The van der Waals surface area contributed by atoms with Gasteiger partial charge >= 0.3 is 5.97 Å². The number of nitrogens with zero attached hydrogens (tertiary/aromatic N) is 1. The van der Waals surface area contributed by atoms with Crippen LogP contribution in [0.4, 0.5) is 0 Å². The van der Waals surface area contributed by atoms with Gasteiger partial charge in [-0.25, -0.2) is 0 Å². The van der Waals surface area contributed by atoms with Gasteiger partial charge in [-0.15, -0.1) is 0 Å². The molecule has 94 valence electrons. The maximum atomic E-state index is 11.2. The van der Waals surface area contributed by atoms with Crippen LogP contribution in [-0.2, 0) is 14.3 Å². The van der Waals surface area contributed by atoms with Gasteiger partial charge in [0, 0.05) is 18.6 Å². The minimum absolute atomic E-state index is 0.0220. The third-order valence-electron chi connectivity index (χ3n) is 3.01. The minimum atomic E-state index is -0.202. The number of esters is 1. The van der Waals surface area contributed by atoms with E-state index in [0.29, 0.717) is 19.6 Å². The van der Waals surface area contributed by atoms with E-state index in [1.165, 1.54) is 7.11 Å². The molecule has 0 aliphatic carbocycles. The monoisotopic (exact) mass is 231 g/mol. The standard InChI is InChI=1S/C11H21NO4/c1-8(4-11(14)15-3)12-5-10(6-13)16-7-9(12)2/h8-10,13H,4-7H2,1-3H3. The molecule has 0 saturated carbocycles. The Hall–Kier alpha value is -0.650. The zero-order chi connectivity index (χ0) is 12.1. The topological polar surface area (TPSA) is 59.0 Å². The molecule has 5 nitrogen and oxygen atoms in total. The smallest absolute Gasteiger partial charge is 0.307 e. The van der Waals surface area contributed by atoms with Crippen LogP contribution in [0.15, 0.2) is 0 Å². The van der Waals surface area contributed by atoms with E-state index in [1.54, 1.807) is 0 Å². The van der Waals surface area contributed by atoms with Crippen molar-refractivity contribution in [1.82, 2.24) is 4.90 Å². The van der Waals surface area contributed by atoms with Gasteiger partial charge in [0.1, 0.15) is 0 Å². The molecule has 0 amide bonds. The van der Waals surface area contributed by atoms with E-state index < -0.39 is 0 Å². The second-order valence-electron chi connectivity index (χ2n) is 4.31. The Balaban J connectivity index is 2.51. The number of aliphatic hydroxyl groups is 1. The second kappa shape index (κ2) is 6.18. The average molecular weight is 231 g/mol. The lowest BCUT2D eigenvalue weighted by molar-refractivity contribution is -0.144. The summed E-state index contributed by atoms with van der Waals surface area (Å²) < 4.78 is 10.1. The Morgan fingerprint density at radius 1 is 1.69 bits per heavy atom. The lowest BCUT2D eigenvalue weighted by Gasteiger charge is -2.40. The number of methoxy groups -OCH3 is 1. The lowest BCUT2D eigenvalue weighted by Crippen LogP contribution is -2.53. The van der Waals surface area contributed by atoms with Crippen molar-refractivity contribution in [2.24, 2.45) is 0 Å². The molecule has 1 fully saturated rings. The van der Waals surface area contributed by atoms with Crippen molar-refractivity contribution >= 4 is 5.97 Å². The zero-order valence-corrected chi connectivity index (χ0v) is 10.2. The summed E-state index contributed by atoms with van der Waals surface area (Å²) in [4.78, 5) is 13.4. The molecule has 1 saturated heterocycles. The van der Waals surface area contributed by atoms with Crippen molar-refractivity contribution in [3.63, 3.8) is 0 Å². The molecule has 0 radical (unpaired) electrons. The van der Waals surface area contributed by atoms with Crippen LogP contribution in [0, 0.1) is 0 Å². The van der Waals surface area contributed by atoms with E-state index in [2.05, 4.69) is 16.6 Å². The van der Waals surface area contributed by atoms with E-state index in [1.807, 2.05) is 6.92 Å². The average Bonchev–Trinajstić information content (AvgIpc) is 2.29. The van der Waals surface area contributed by atoms with Crippen LogP contribution in [-0.4, -0.2) is 61.0 Å². The molecular formula is C11H21NO4. The van der Waals surface area contributed by atoms with Gasteiger partial charge in [0.25, 0.3) is 0 Å². The molecule has 0 bridgehead atoms. The number of hydrogen-bond donors (Lipinski definition) is 1. The van der Waals surface area contributed by atoms with Crippen molar-refractivity contribution in [2.45, 2.75) is 38.5 Å². The van der Waals surface area contributed by atoms with E-state index in [0.717, 1.165) is 0 Å². The summed E-state index contributed by atoms with van der Waals surface area (Å²) in [6.07, 6.45) is 0.232. The van der Waals surface area contributed by atoms with Crippen molar-refractivity contribution in [3.05, 3.63) is 0 Å². The van der Waals surface area contributed by atoms with Crippen LogP contribution < -0.4 is 0 Å². The Labute approximate surface area is 96.3 Å². The van der Waals surface area contributed by atoms with Gasteiger partial charge in [-0.3, -0.25) is 9.69 Å². The molecule has 1 heterocycles. The molecule has 0 aromatic carbocycles. The number of rotatable bonds is 4. The fraction of sp³-hybridized carbons (Fsp3) is 0.909. The van der Waals surface area contributed by atoms with Crippen LogP contribution in [0.3, 0.4) is 0 Å². The largest absolute Gasteiger partial charge is 0.469 e. The lowest BCUT2D eigenvalue weighted by atomic mass is 10.1. The fourth-order valence-corrected chi connectivity index (χ4v) is 2.01. The highest BCUT2D eigenvalue weighted by Gasteiger charge is 2.30. The van der Waals surface area contributed by atoms with Crippen molar-refractivity contribution < 1.29 is 19.4 Å². The first-order chi connectivity index (χ1) is 7.58. The van der Waals surface area contributed by atoms with Gasteiger partial charge in [0.15, 0.2) is 0 Å². The molecule has 5 heteroatoms. The molecule has 1 rings (SSSR count). The predicted molar refractivity (Wildman–Crippen MR) is 59.1 cm³/mol. The first kappa shape index (κ1) is 13.4. The molecule has 1 aliphatic rings. The molecule has 1 aliphatic heterocycles. The summed E-state index contributed by atoms with van der Waals surface area (Å²) in [5, 5.41) is 9.06. The van der Waals surface area contributed by atoms with Crippen LogP contribution in [0.1, 0.15) is 20.3 Å². The van der Waals surface area contributed by atoms with Gasteiger partial charge in [-0.2, -0.15) is 0 Å². The Morgan fingerprint density at radius 3 is 2.94 bits per heavy atom. The molecular weight excluding hydrogens is 210 g/mol. The van der Waals surface area contributed by atoms with Crippen LogP contribution in [0.2, 0.25) is 0 Å². The van der Waals surface area contributed by atoms with E-state index in [-0.39, 0.29) is 30.8 Å². The first-order valence-corrected chi connectivity index (χ1v) is 5.63. The number of carbonyl (C=O) groups is 1. The minimum Gasteiger partial charge on any atom is -0.469 e. The van der Waals surface area contributed by atoms with Crippen LogP contribution in [0.5, 0.6) is 0 Å². The third kappa shape index (κ3) is 3.43. The van der Waals surface area contributed by atoms with Gasteiger partial charge in [0.05, 0.1) is 32.8 Å². The molecule has 0 spiro atoms. The van der Waals surface area contributed by atoms with E-state index in [4.69, 9.17) is 9.84 Å². The van der Waals surface area contributed by atoms with Crippen molar-refractivity contribution in [2.75, 3.05) is 26.9 Å². The van der Waals surface area contributed by atoms with E-state index in [9.17, 15) is 4.79 Å². The zero-order valence-electron chi connectivity index (χ0n) is 10.2.